The van der Waals surface area contributed by atoms with Gasteiger partial charge in [-0.05, 0) is 29.8 Å². The summed E-state index contributed by atoms with van der Waals surface area (Å²) >= 11 is 3.45. The van der Waals surface area contributed by atoms with Crippen LogP contribution in [0, 0.1) is 0 Å². The van der Waals surface area contributed by atoms with Crippen molar-refractivity contribution in [3.05, 3.63) is 71.0 Å². The highest BCUT2D eigenvalue weighted by Gasteiger charge is 2.21. The molecule has 6 nitrogen and oxygen atoms in total. The summed E-state index contributed by atoms with van der Waals surface area (Å²) in [6.45, 7) is 4.73. The minimum Gasteiger partial charge on any atom is -0.393 e. The number of halogens is 1. The molecule has 3 aromatic rings. The van der Waals surface area contributed by atoms with Gasteiger partial charge in [-0.15, -0.1) is 0 Å². The molecule has 0 atom stereocenters. The van der Waals surface area contributed by atoms with E-state index >= 15 is 0 Å². The largest absolute Gasteiger partial charge is 0.393 e. The smallest absolute Gasteiger partial charge is 0.159 e. The summed E-state index contributed by atoms with van der Waals surface area (Å²) in [5.74, 6) is 1.44. The number of piperazine rings is 1. The Labute approximate surface area is 173 Å². The predicted molar refractivity (Wildman–Crippen MR) is 118 cm³/mol. The van der Waals surface area contributed by atoms with Crippen LogP contribution in [0.15, 0.2) is 65.4 Å². The Kier molecular flexibility index (Phi) is 5.73. The number of nitrogens with two attached hydrogens (primary N) is 1. The second kappa shape index (κ2) is 8.58. The third-order valence-corrected chi connectivity index (χ3v) is 5.42. The lowest BCUT2D eigenvalue weighted by Gasteiger charge is -2.36. The monoisotopic (exact) mass is 438 g/mol. The lowest BCUT2D eigenvalue weighted by Crippen LogP contribution is -2.46. The minimum atomic E-state index is 0.585. The van der Waals surface area contributed by atoms with Crippen LogP contribution in [-0.2, 0) is 6.54 Å². The van der Waals surface area contributed by atoms with Crippen molar-refractivity contribution >= 4 is 38.9 Å². The van der Waals surface area contributed by atoms with E-state index in [4.69, 9.17) is 5.73 Å². The SMILES string of the molecule is Nc1c(Nc2ccc(Br)cc2)ncnc1N1CCN(Cc2ccccc2)CC1. The van der Waals surface area contributed by atoms with Gasteiger partial charge < -0.3 is 16.0 Å². The normalized spacial score (nSPS) is 14.8. The van der Waals surface area contributed by atoms with E-state index in [1.165, 1.54) is 5.56 Å². The van der Waals surface area contributed by atoms with Crippen LogP contribution in [0.25, 0.3) is 0 Å². The van der Waals surface area contributed by atoms with Crippen molar-refractivity contribution in [3.8, 4) is 0 Å². The Balaban J connectivity index is 1.41. The quantitative estimate of drug-likeness (QED) is 0.629. The van der Waals surface area contributed by atoms with Gasteiger partial charge in [-0.3, -0.25) is 4.90 Å². The second-order valence-electron chi connectivity index (χ2n) is 6.84. The summed E-state index contributed by atoms with van der Waals surface area (Å²) in [4.78, 5) is 13.5. The van der Waals surface area contributed by atoms with Crippen LogP contribution in [0.5, 0.6) is 0 Å². The van der Waals surface area contributed by atoms with Gasteiger partial charge in [0.1, 0.15) is 12.0 Å². The van der Waals surface area contributed by atoms with E-state index in [1.54, 1.807) is 6.33 Å². The van der Waals surface area contributed by atoms with E-state index in [-0.39, 0.29) is 0 Å². The zero-order valence-corrected chi connectivity index (χ0v) is 17.1. The van der Waals surface area contributed by atoms with E-state index in [2.05, 4.69) is 71.3 Å². The summed E-state index contributed by atoms with van der Waals surface area (Å²) in [6, 6.07) is 18.5. The van der Waals surface area contributed by atoms with Crippen molar-refractivity contribution in [2.75, 3.05) is 42.1 Å². The first-order valence-corrected chi connectivity index (χ1v) is 10.1. The number of anilines is 4. The molecule has 3 N–H and O–H groups in total. The van der Waals surface area contributed by atoms with Gasteiger partial charge in [0.2, 0.25) is 0 Å². The number of rotatable bonds is 5. The van der Waals surface area contributed by atoms with Crippen molar-refractivity contribution in [3.63, 3.8) is 0 Å². The van der Waals surface area contributed by atoms with Gasteiger partial charge in [-0.1, -0.05) is 46.3 Å². The summed E-state index contributed by atoms with van der Waals surface area (Å²) in [7, 11) is 0. The van der Waals surface area contributed by atoms with Crippen LogP contribution in [0.1, 0.15) is 5.56 Å². The number of nitrogens with one attached hydrogen (secondary N) is 1. The fraction of sp³-hybridized carbons (Fsp3) is 0.238. The maximum Gasteiger partial charge on any atom is 0.159 e. The maximum absolute atomic E-state index is 6.40. The van der Waals surface area contributed by atoms with Gasteiger partial charge in [0.25, 0.3) is 0 Å². The molecule has 0 saturated carbocycles. The molecule has 0 amide bonds. The molecule has 2 heterocycles. The molecule has 1 aliphatic rings. The Bertz CT molecular complexity index is 908. The highest BCUT2D eigenvalue weighted by molar-refractivity contribution is 9.10. The average molecular weight is 439 g/mol. The molecule has 0 spiro atoms. The fourth-order valence-corrected chi connectivity index (χ4v) is 3.63. The van der Waals surface area contributed by atoms with Crippen molar-refractivity contribution in [1.82, 2.24) is 14.9 Å². The van der Waals surface area contributed by atoms with Crippen molar-refractivity contribution in [1.29, 1.82) is 0 Å². The molecule has 2 aromatic carbocycles. The molecule has 1 fully saturated rings. The standard InChI is InChI=1S/C21H23BrN6/c22-17-6-8-18(9-7-17)26-20-19(23)21(25-15-24-20)28-12-10-27(11-13-28)14-16-4-2-1-3-5-16/h1-9,15H,10-14,23H2,(H,24,25,26). The third kappa shape index (κ3) is 4.43. The van der Waals surface area contributed by atoms with Gasteiger partial charge in [-0.2, -0.15) is 0 Å². The third-order valence-electron chi connectivity index (χ3n) is 4.89. The van der Waals surface area contributed by atoms with Crippen molar-refractivity contribution in [2.45, 2.75) is 6.54 Å². The molecule has 144 valence electrons. The Morgan fingerprint density at radius 2 is 1.64 bits per heavy atom. The van der Waals surface area contributed by atoms with Crippen LogP contribution < -0.4 is 16.0 Å². The maximum atomic E-state index is 6.40. The topological polar surface area (TPSA) is 70.3 Å². The van der Waals surface area contributed by atoms with Crippen LogP contribution in [0.2, 0.25) is 0 Å². The van der Waals surface area contributed by atoms with E-state index < -0.39 is 0 Å². The Hall–Kier alpha value is -2.64. The molecule has 0 bridgehead atoms. The molecule has 1 aromatic heterocycles. The summed E-state index contributed by atoms with van der Waals surface area (Å²) in [5, 5.41) is 3.29. The number of nitrogen functional groups attached to an aromatic ring is 1. The highest BCUT2D eigenvalue weighted by atomic mass is 79.9. The van der Waals surface area contributed by atoms with Gasteiger partial charge in [0.05, 0.1) is 0 Å². The van der Waals surface area contributed by atoms with Gasteiger partial charge >= 0.3 is 0 Å². The molecule has 28 heavy (non-hydrogen) atoms. The minimum absolute atomic E-state index is 0.585. The molecule has 0 aliphatic carbocycles. The molecular formula is C21H23BrN6. The van der Waals surface area contributed by atoms with E-state index in [9.17, 15) is 0 Å². The van der Waals surface area contributed by atoms with Crippen LogP contribution in [-0.4, -0.2) is 41.0 Å². The molecule has 1 aliphatic heterocycles. The zero-order chi connectivity index (χ0) is 19.3. The fourth-order valence-electron chi connectivity index (χ4n) is 3.37. The number of nitrogens with zero attached hydrogens (tertiary/aromatic N) is 4. The Morgan fingerprint density at radius 1 is 0.929 bits per heavy atom. The van der Waals surface area contributed by atoms with Crippen LogP contribution in [0.4, 0.5) is 23.0 Å². The average Bonchev–Trinajstić information content (AvgIpc) is 2.73. The highest BCUT2D eigenvalue weighted by Crippen LogP contribution is 2.29. The number of aromatic nitrogens is 2. The first kappa shape index (κ1) is 18.7. The molecule has 0 unspecified atom stereocenters. The van der Waals surface area contributed by atoms with Gasteiger partial charge in [-0.25, -0.2) is 9.97 Å². The Morgan fingerprint density at radius 3 is 2.36 bits per heavy atom. The van der Waals surface area contributed by atoms with Gasteiger partial charge in [0, 0.05) is 42.9 Å². The van der Waals surface area contributed by atoms with Crippen LogP contribution in [0.3, 0.4) is 0 Å². The molecule has 1 saturated heterocycles. The second-order valence-corrected chi connectivity index (χ2v) is 7.76. The molecular weight excluding hydrogens is 416 g/mol. The number of hydrogen-bond donors (Lipinski definition) is 2. The van der Waals surface area contributed by atoms with E-state index in [1.807, 2.05) is 24.3 Å². The summed E-state index contributed by atoms with van der Waals surface area (Å²) < 4.78 is 1.03. The lowest BCUT2D eigenvalue weighted by molar-refractivity contribution is 0.249. The van der Waals surface area contributed by atoms with E-state index in [0.717, 1.165) is 48.7 Å². The van der Waals surface area contributed by atoms with E-state index in [0.29, 0.717) is 11.5 Å². The molecule has 7 heteroatoms. The first-order valence-electron chi connectivity index (χ1n) is 9.33. The number of hydrogen-bond acceptors (Lipinski definition) is 6. The first-order chi connectivity index (χ1) is 13.7. The predicted octanol–water partition coefficient (Wildman–Crippen LogP) is 3.89. The summed E-state index contributed by atoms with van der Waals surface area (Å²) in [6.07, 6.45) is 1.57. The van der Waals surface area contributed by atoms with Crippen molar-refractivity contribution in [2.24, 2.45) is 0 Å². The molecule has 4 rings (SSSR count). The van der Waals surface area contributed by atoms with Crippen LogP contribution >= 0.6 is 15.9 Å². The van der Waals surface area contributed by atoms with Gasteiger partial charge in [0.15, 0.2) is 11.6 Å². The zero-order valence-electron chi connectivity index (χ0n) is 15.6. The molecule has 0 radical (unpaired) electrons. The van der Waals surface area contributed by atoms with Crippen molar-refractivity contribution < 1.29 is 0 Å². The summed E-state index contributed by atoms with van der Waals surface area (Å²) in [5.41, 5.74) is 9.27. The number of benzene rings is 2. The lowest BCUT2D eigenvalue weighted by atomic mass is 10.2.